The fraction of sp³-hybridized carbons (Fsp3) is 0.400. The molecule has 1 aromatic rings. The van der Waals surface area contributed by atoms with Crippen LogP contribution in [-0.2, 0) is 6.54 Å². The molecule has 1 rings (SSSR count). The lowest BCUT2D eigenvalue weighted by atomic mass is 10.6. The van der Waals surface area contributed by atoms with Gasteiger partial charge in [0.05, 0.1) is 12.3 Å². The van der Waals surface area contributed by atoms with Gasteiger partial charge in [-0.2, -0.15) is 13.2 Å². The van der Waals surface area contributed by atoms with Crippen LogP contribution in [0.3, 0.4) is 0 Å². The highest BCUT2D eigenvalue weighted by Gasteiger charge is 2.34. The Labute approximate surface area is 69.9 Å². The van der Waals surface area contributed by atoms with Crippen LogP contribution in [0.1, 0.15) is 0 Å². The Morgan fingerprint density at radius 1 is 1.62 bits per heavy atom. The quantitative estimate of drug-likeness (QED) is 0.528. The van der Waals surface area contributed by atoms with Crippen LogP contribution in [-0.4, -0.2) is 20.9 Å². The molecule has 5 nitrogen and oxygen atoms in total. The Hall–Kier alpha value is -1.60. The lowest BCUT2D eigenvalue weighted by Crippen LogP contribution is -2.19. The third-order valence-electron chi connectivity index (χ3n) is 1.21. The van der Waals surface area contributed by atoms with Crippen molar-refractivity contribution in [3.8, 4) is 0 Å². The van der Waals surface area contributed by atoms with E-state index in [4.69, 9.17) is 0 Å². The highest BCUT2D eigenvalue weighted by atomic mass is 19.4. The van der Waals surface area contributed by atoms with Gasteiger partial charge < -0.3 is 10.1 Å². The van der Waals surface area contributed by atoms with Gasteiger partial charge in [0, 0.05) is 0 Å². The molecule has 0 fully saturated rings. The number of rotatable bonds is 2. The summed E-state index contributed by atoms with van der Waals surface area (Å²) in [7, 11) is 0. The third kappa shape index (κ3) is 2.42. The Bertz CT molecular complexity index is 319. The van der Waals surface area contributed by atoms with Crippen LogP contribution in [0.2, 0.25) is 0 Å². The average Bonchev–Trinajstić information content (AvgIpc) is 2.31. The van der Waals surface area contributed by atoms with Crippen LogP contribution in [0.15, 0.2) is 12.3 Å². The molecular weight excluding hydrogens is 191 g/mol. The van der Waals surface area contributed by atoms with Crippen molar-refractivity contribution in [2.75, 3.05) is 0 Å². The van der Waals surface area contributed by atoms with Gasteiger partial charge in [-0.25, -0.2) is 0 Å². The molecule has 1 aromatic heterocycles. The van der Waals surface area contributed by atoms with E-state index >= 15 is 0 Å². The van der Waals surface area contributed by atoms with Crippen LogP contribution in [0.4, 0.5) is 19.0 Å². The van der Waals surface area contributed by atoms with E-state index in [1.165, 1.54) is 0 Å². The van der Waals surface area contributed by atoms with Crippen LogP contribution in [0.5, 0.6) is 0 Å². The third-order valence-corrected chi connectivity index (χ3v) is 1.21. The predicted octanol–water partition coefficient (Wildman–Crippen LogP) is 1.35. The zero-order chi connectivity index (χ0) is 10.1. The van der Waals surface area contributed by atoms with Gasteiger partial charge in [0.1, 0.15) is 0 Å². The molecule has 0 saturated carbocycles. The molecule has 0 radical (unpaired) electrons. The van der Waals surface area contributed by atoms with Gasteiger partial charge >= 0.3 is 12.0 Å². The maximum atomic E-state index is 11.8. The lowest BCUT2D eigenvalue weighted by Gasteiger charge is -2.02. The molecule has 1 heterocycles. The van der Waals surface area contributed by atoms with E-state index in [1.807, 2.05) is 0 Å². The SMILES string of the molecule is O=[N+]([O-])c1ccnn1CC(F)(F)F. The molecule has 0 saturated heterocycles. The fourth-order valence-electron chi connectivity index (χ4n) is 0.772. The summed E-state index contributed by atoms with van der Waals surface area (Å²) in [5.41, 5.74) is 0. The molecule has 0 aromatic carbocycles. The first-order valence-corrected chi connectivity index (χ1v) is 3.13. The van der Waals surface area contributed by atoms with E-state index in [-0.39, 0.29) is 0 Å². The highest BCUT2D eigenvalue weighted by molar-refractivity contribution is 5.16. The van der Waals surface area contributed by atoms with Crippen molar-refractivity contribution in [3.63, 3.8) is 0 Å². The Morgan fingerprint density at radius 3 is 2.69 bits per heavy atom. The molecule has 8 heteroatoms. The smallest absolute Gasteiger partial charge is 0.358 e. The van der Waals surface area contributed by atoms with E-state index < -0.39 is 23.5 Å². The summed E-state index contributed by atoms with van der Waals surface area (Å²) >= 11 is 0. The van der Waals surface area contributed by atoms with Gasteiger partial charge in [-0.1, -0.05) is 5.10 Å². The number of halogens is 3. The van der Waals surface area contributed by atoms with E-state index in [9.17, 15) is 23.3 Å². The molecule has 72 valence electrons. The Kier molecular flexibility index (Phi) is 2.22. The fourth-order valence-corrected chi connectivity index (χ4v) is 0.772. The molecule has 0 bridgehead atoms. The highest BCUT2D eigenvalue weighted by Crippen LogP contribution is 2.20. The van der Waals surface area contributed by atoms with Gasteiger partial charge in [-0.3, -0.25) is 0 Å². The van der Waals surface area contributed by atoms with E-state index in [1.54, 1.807) is 0 Å². The zero-order valence-corrected chi connectivity index (χ0v) is 6.15. The zero-order valence-electron chi connectivity index (χ0n) is 6.15. The molecule has 0 aliphatic carbocycles. The number of hydrogen-bond donors (Lipinski definition) is 0. The summed E-state index contributed by atoms with van der Waals surface area (Å²) in [5.74, 6) is -0.669. The number of alkyl halides is 3. The monoisotopic (exact) mass is 195 g/mol. The molecule has 0 N–H and O–H groups in total. The molecular formula is C5H4F3N3O2. The van der Waals surface area contributed by atoms with Gasteiger partial charge in [0.2, 0.25) is 6.54 Å². The minimum Gasteiger partial charge on any atom is -0.358 e. The van der Waals surface area contributed by atoms with Crippen LogP contribution >= 0.6 is 0 Å². The van der Waals surface area contributed by atoms with Crippen LogP contribution < -0.4 is 0 Å². The minimum atomic E-state index is -4.50. The average molecular weight is 195 g/mol. The first-order valence-electron chi connectivity index (χ1n) is 3.13. The topological polar surface area (TPSA) is 61.0 Å². The maximum absolute atomic E-state index is 11.8. The number of nitrogens with zero attached hydrogens (tertiary/aromatic N) is 3. The first kappa shape index (κ1) is 9.49. The second-order valence-corrected chi connectivity index (χ2v) is 2.22. The van der Waals surface area contributed by atoms with Crippen LogP contribution in [0.25, 0.3) is 0 Å². The van der Waals surface area contributed by atoms with Crippen molar-refractivity contribution in [2.24, 2.45) is 0 Å². The number of nitro groups is 1. The van der Waals surface area contributed by atoms with Crippen LogP contribution in [0, 0.1) is 10.1 Å². The molecule has 0 spiro atoms. The Morgan fingerprint density at radius 2 is 2.23 bits per heavy atom. The summed E-state index contributed by atoms with van der Waals surface area (Å²) in [6, 6.07) is 0.908. The standard InChI is InChI=1S/C5H4F3N3O2/c6-5(7,8)3-10-4(11(12)13)1-2-9-10/h1-2H,3H2. The number of hydrogen-bond acceptors (Lipinski definition) is 3. The summed E-state index contributed by atoms with van der Waals surface area (Å²) in [6.07, 6.45) is -3.55. The van der Waals surface area contributed by atoms with Crippen molar-refractivity contribution in [3.05, 3.63) is 22.4 Å². The molecule has 0 aliphatic rings. The van der Waals surface area contributed by atoms with E-state index in [2.05, 4.69) is 5.10 Å². The van der Waals surface area contributed by atoms with Gasteiger partial charge in [0.25, 0.3) is 0 Å². The van der Waals surface area contributed by atoms with Gasteiger partial charge in [0.15, 0.2) is 0 Å². The van der Waals surface area contributed by atoms with Crippen molar-refractivity contribution < 1.29 is 18.1 Å². The summed E-state index contributed by atoms with van der Waals surface area (Å²) in [6.45, 7) is -1.45. The van der Waals surface area contributed by atoms with E-state index in [0.717, 1.165) is 12.3 Å². The molecule has 0 aliphatic heterocycles. The predicted molar refractivity (Wildman–Crippen MR) is 34.9 cm³/mol. The van der Waals surface area contributed by atoms with E-state index in [0.29, 0.717) is 4.68 Å². The van der Waals surface area contributed by atoms with Crippen molar-refractivity contribution in [2.45, 2.75) is 12.7 Å². The van der Waals surface area contributed by atoms with Gasteiger partial charge in [-0.15, -0.1) is 4.68 Å². The van der Waals surface area contributed by atoms with Crippen molar-refractivity contribution in [1.29, 1.82) is 0 Å². The molecule has 13 heavy (non-hydrogen) atoms. The first-order chi connectivity index (χ1) is 5.90. The largest absolute Gasteiger partial charge is 0.428 e. The van der Waals surface area contributed by atoms with Crippen molar-refractivity contribution >= 4 is 5.82 Å². The Balaban J connectivity index is 2.89. The maximum Gasteiger partial charge on any atom is 0.428 e. The normalized spacial score (nSPS) is 11.6. The molecule has 0 amide bonds. The molecule has 0 unspecified atom stereocenters. The minimum absolute atomic E-state index is 0.292. The summed E-state index contributed by atoms with van der Waals surface area (Å²) in [5, 5.41) is 13.3. The second kappa shape index (κ2) is 3.04. The summed E-state index contributed by atoms with van der Waals surface area (Å²) in [4.78, 5) is 9.23. The van der Waals surface area contributed by atoms with Gasteiger partial charge in [-0.05, 0) is 4.92 Å². The summed E-state index contributed by atoms with van der Waals surface area (Å²) < 4.78 is 35.6. The second-order valence-electron chi connectivity index (χ2n) is 2.22. The lowest BCUT2D eigenvalue weighted by molar-refractivity contribution is -0.393. The molecule has 0 atom stereocenters. The van der Waals surface area contributed by atoms with Crippen molar-refractivity contribution in [1.82, 2.24) is 9.78 Å². The number of aromatic nitrogens is 2.